The number of nitrogens with one attached hydrogen (secondary N) is 1. The van der Waals surface area contributed by atoms with Gasteiger partial charge in [-0.05, 0) is 51.4 Å². The van der Waals surface area contributed by atoms with Crippen LogP contribution in [-0.4, -0.2) is 64.9 Å². The minimum atomic E-state index is -0.0597. The predicted octanol–water partition coefficient (Wildman–Crippen LogP) is 2.77. The molecule has 1 N–H and O–H groups in total. The second-order valence-electron chi connectivity index (χ2n) is 8.78. The van der Waals surface area contributed by atoms with Crippen molar-refractivity contribution in [3.63, 3.8) is 0 Å². The monoisotopic (exact) mass is 416 g/mol. The number of amides is 2. The highest BCUT2D eigenvalue weighted by Crippen LogP contribution is 2.41. The van der Waals surface area contributed by atoms with Crippen LogP contribution in [0.3, 0.4) is 0 Å². The van der Waals surface area contributed by atoms with Crippen LogP contribution >= 0.6 is 11.3 Å². The van der Waals surface area contributed by atoms with E-state index in [4.69, 9.17) is 0 Å². The van der Waals surface area contributed by atoms with E-state index in [9.17, 15) is 9.59 Å². The summed E-state index contributed by atoms with van der Waals surface area (Å²) in [6.07, 6.45) is 6.88. The highest BCUT2D eigenvalue weighted by molar-refractivity contribution is 7.13. The SMILES string of the molecule is C=CCCN1C[C@H]2C[C@@H](C1)[C@H](CNC(=O)c1sc(C)nc1C)N1C(=O)CCC[C@@H]21. The van der Waals surface area contributed by atoms with Gasteiger partial charge in [0.2, 0.25) is 5.91 Å². The standard InChI is InChI=1S/C22H32N4O2S/c1-4-5-9-25-12-16-10-17(13-25)19(26-18(16)7-6-8-20(26)27)11-23-22(28)21-14(2)24-15(3)29-21/h4,16-19H,1,5-13H2,2-3H3,(H,23,28)/t16-,17+,18+,19+/m1/s1. The third kappa shape index (κ3) is 4.12. The summed E-state index contributed by atoms with van der Waals surface area (Å²) in [5.41, 5.74) is 0.786. The number of likely N-dealkylation sites (tertiary alicyclic amines) is 1. The Kier molecular flexibility index (Phi) is 6.06. The van der Waals surface area contributed by atoms with Gasteiger partial charge >= 0.3 is 0 Å². The lowest BCUT2D eigenvalue weighted by atomic mass is 9.72. The Bertz CT molecular complexity index is 792. The lowest BCUT2D eigenvalue weighted by Gasteiger charge is -2.56. The molecule has 0 radical (unpaired) electrons. The number of hydrogen-bond acceptors (Lipinski definition) is 5. The highest BCUT2D eigenvalue weighted by atomic mass is 32.1. The second kappa shape index (κ2) is 8.56. The van der Waals surface area contributed by atoms with Crippen molar-refractivity contribution in [1.29, 1.82) is 0 Å². The molecule has 2 bridgehead atoms. The summed E-state index contributed by atoms with van der Waals surface area (Å²) in [6.45, 7) is 11.3. The van der Waals surface area contributed by atoms with Gasteiger partial charge < -0.3 is 15.1 Å². The average molecular weight is 417 g/mol. The third-order valence-electron chi connectivity index (χ3n) is 6.80. The van der Waals surface area contributed by atoms with Gasteiger partial charge in [0.15, 0.2) is 0 Å². The maximum absolute atomic E-state index is 12.9. The first-order valence-corrected chi connectivity index (χ1v) is 11.7. The Balaban J connectivity index is 1.51. The molecule has 0 aromatic carbocycles. The van der Waals surface area contributed by atoms with Gasteiger partial charge in [0.05, 0.1) is 16.7 Å². The molecule has 0 unspecified atom stereocenters. The summed E-state index contributed by atoms with van der Waals surface area (Å²) in [5.74, 6) is 1.19. The van der Waals surface area contributed by atoms with Crippen molar-refractivity contribution in [2.24, 2.45) is 11.8 Å². The quantitative estimate of drug-likeness (QED) is 0.724. The fourth-order valence-electron chi connectivity index (χ4n) is 5.61. The molecule has 7 heteroatoms. The van der Waals surface area contributed by atoms with Gasteiger partial charge in [-0.25, -0.2) is 4.98 Å². The maximum atomic E-state index is 12.9. The molecule has 1 aromatic rings. The van der Waals surface area contributed by atoms with Crippen molar-refractivity contribution in [1.82, 2.24) is 20.1 Å². The predicted molar refractivity (Wildman–Crippen MR) is 115 cm³/mol. The zero-order valence-corrected chi connectivity index (χ0v) is 18.3. The van der Waals surface area contributed by atoms with Gasteiger partial charge in [-0.3, -0.25) is 9.59 Å². The highest BCUT2D eigenvalue weighted by Gasteiger charge is 2.49. The van der Waals surface area contributed by atoms with Crippen molar-refractivity contribution in [2.75, 3.05) is 26.2 Å². The van der Waals surface area contributed by atoms with Gasteiger partial charge in [-0.15, -0.1) is 17.9 Å². The van der Waals surface area contributed by atoms with Crippen molar-refractivity contribution in [2.45, 2.75) is 58.0 Å². The van der Waals surface area contributed by atoms with E-state index >= 15 is 0 Å². The summed E-state index contributed by atoms with van der Waals surface area (Å²) in [6, 6.07) is 0.419. The summed E-state index contributed by atoms with van der Waals surface area (Å²) in [7, 11) is 0. The molecule has 4 heterocycles. The fraction of sp³-hybridized carbons (Fsp3) is 0.682. The molecule has 0 saturated carbocycles. The lowest BCUT2D eigenvalue weighted by Crippen LogP contribution is -2.67. The summed E-state index contributed by atoms with van der Waals surface area (Å²) >= 11 is 1.44. The Morgan fingerprint density at radius 1 is 1.34 bits per heavy atom. The van der Waals surface area contributed by atoms with Crippen LogP contribution in [0.15, 0.2) is 12.7 Å². The van der Waals surface area contributed by atoms with Crippen LogP contribution < -0.4 is 5.32 Å². The van der Waals surface area contributed by atoms with Gasteiger partial charge in [0.25, 0.3) is 5.91 Å². The Morgan fingerprint density at radius 3 is 2.86 bits per heavy atom. The van der Waals surface area contributed by atoms with Crippen LogP contribution in [0.25, 0.3) is 0 Å². The molecule has 29 heavy (non-hydrogen) atoms. The smallest absolute Gasteiger partial charge is 0.263 e. The van der Waals surface area contributed by atoms with Crippen molar-refractivity contribution >= 4 is 23.2 Å². The number of carbonyl (C=O) groups excluding carboxylic acids is 2. The minimum Gasteiger partial charge on any atom is -0.349 e. The molecular weight excluding hydrogens is 384 g/mol. The Hall–Kier alpha value is -1.73. The van der Waals surface area contributed by atoms with E-state index in [1.54, 1.807) is 0 Å². The average Bonchev–Trinajstić information content (AvgIpc) is 3.04. The van der Waals surface area contributed by atoms with E-state index < -0.39 is 0 Å². The summed E-state index contributed by atoms with van der Waals surface area (Å²) in [5, 5.41) is 4.05. The first-order valence-electron chi connectivity index (χ1n) is 10.8. The first-order chi connectivity index (χ1) is 14.0. The van der Waals surface area contributed by atoms with Gasteiger partial charge in [0.1, 0.15) is 4.88 Å². The number of piperidine rings is 3. The number of fused-ring (bicyclic) bond motifs is 4. The molecule has 2 amide bonds. The molecule has 3 fully saturated rings. The van der Waals surface area contributed by atoms with E-state index in [-0.39, 0.29) is 17.9 Å². The molecule has 6 nitrogen and oxygen atoms in total. The van der Waals surface area contributed by atoms with Gasteiger partial charge in [-0.1, -0.05) is 6.08 Å². The van der Waals surface area contributed by atoms with Gasteiger partial charge in [-0.2, -0.15) is 0 Å². The number of carbonyl (C=O) groups is 2. The van der Waals surface area contributed by atoms with Gasteiger partial charge in [0, 0.05) is 38.6 Å². The van der Waals surface area contributed by atoms with Crippen LogP contribution in [0.2, 0.25) is 0 Å². The topological polar surface area (TPSA) is 65.5 Å². The molecule has 1 aromatic heterocycles. The van der Waals surface area contributed by atoms with Crippen molar-refractivity contribution in [3.8, 4) is 0 Å². The van der Waals surface area contributed by atoms with Crippen LogP contribution in [-0.2, 0) is 4.79 Å². The molecule has 0 aliphatic carbocycles. The minimum absolute atomic E-state index is 0.0597. The number of rotatable bonds is 6. The number of aryl methyl sites for hydroxylation is 2. The van der Waals surface area contributed by atoms with Crippen molar-refractivity contribution in [3.05, 3.63) is 28.2 Å². The molecule has 158 valence electrons. The van der Waals surface area contributed by atoms with Crippen LogP contribution in [0.1, 0.15) is 52.5 Å². The van der Waals surface area contributed by atoms with Crippen LogP contribution in [0.5, 0.6) is 0 Å². The van der Waals surface area contributed by atoms with Crippen molar-refractivity contribution < 1.29 is 9.59 Å². The third-order valence-corrected chi connectivity index (χ3v) is 7.87. The largest absolute Gasteiger partial charge is 0.349 e. The van der Waals surface area contributed by atoms with E-state index in [0.29, 0.717) is 35.7 Å². The number of hydrogen-bond donors (Lipinski definition) is 1. The molecule has 4 rings (SSSR count). The molecule has 0 spiro atoms. The number of thiazole rings is 1. The van der Waals surface area contributed by atoms with Crippen LogP contribution in [0.4, 0.5) is 0 Å². The zero-order valence-electron chi connectivity index (χ0n) is 17.5. The zero-order chi connectivity index (χ0) is 20.5. The molecule has 3 aliphatic heterocycles. The summed E-state index contributed by atoms with van der Waals surface area (Å²) < 4.78 is 0. The van der Waals surface area contributed by atoms with E-state index in [1.165, 1.54) is 11.3 Å². The molecule has 3 aliphatic rings. The Morgan fingerprint density at radius 2 is 2.14 bits per heavy atom. The fourth-order valence-corrected chi connectivity index (χ4v) is 6.45. The lowest BCUT2D eigenvalue weighted by molar-refractivity contribution is -0.152. The Labute approximate surface area is 177 Å². The van der Waals surface area contributed by atoms with E-state index in [2.05, 4.69) is 26.7 Å². The van der Waals surface area contributed by atoms with E-state index in [1.807, 2.05) is 19.9 Å². The normalized spacial score (nSPS) is 29.4. The second-order valence-corrected chi connectivity index (χ2v) is 9.98. The maximum Gasteiger partial charge on any atom is 0.263 e. The molecule has 3 saturated heterocycles. The molecular formula is C22H32N4O2S. The number of nitrogens with zero attached hydrogens (tertiary/aromatic N) is 3. The number of aromatic nitrogens is 1. The molecule has 4 atom stereocenters. The first kappa shape index (κ1) is 20.5. The van der Waals surface area contributed by atoms with E-state index in [0.717, 1.165) is 56.0 Å². The summed E-state index contributed by atoms with van der Waals surface area (Å²) in [4.78, 5) is 35.4. The van der Waals surface area contributed by atoms with Crippen LogP contribution in [0, 0.1) is 25.7 Å².